The number of ether oxygens (including phenoxy) is 1. The van der Waals surface area contributed by atoms with Gasteiger partial charge in [0.05, 0.1) is 18.4 Å². The number of methoxy groups -OCH3 is 1. The van der Waals surface area contributed by atoms with E-state index in [2.05, 4.69) is 4.98 Å². The van der Waals surface area contributed by atoms with Gasteiger partial charge in [-0.25, -0.2) is 9.78 Å². The molecule has 1 aromatic heterocycles. The topological polar surface area (TPSA) is 65.2 Å². The van der Waals surface area contributed by atoms with Crippen molar-refractivity contribution in [3.8, 4) is 0 Å². The third kappa shape index (κ3) is 3.19. The van der Waals surface area contributed by atoms with Crippen molar-refractivity contribution < 1.29 is 9.53 Å². The van der Waals surface area contributed by atoms with Crippen molar-refractivity contribution in [2.24, 2.45) is 5.73 Å². The molecule has 0 radical (unpaired) electrons. The smallest absolute Gasteiger partial charge is 0.337 e. The molecular weight excluding hydrogens is 260 g/mol. The second-order valence-corrected chi connectivity index (χ2v) is 5.36. The molecule has 4 nitrogen and oxygen atoms in total. The van der Waals surface area contributed by atoms with E-state index in [1.54, 1.807) is 17.4 Å². The van der Waals surface area contributed by atoms with Crippen molar-refractivity contribution in [2.75, 3.05) is 7.11 Å². The maximum Gasteiger partial charge on any atom is 0.337 e. The van der Waals surface area contributed by atoms with Gasteiger partial charge in [-0.05, 0) is 24.6 Å². The highest BCUT2D eigenvalue weighted by molar-refractivity contribution is 7.11. The van der Waals surface area contributed by atoms with E-state index in [0.717, 1.165) is 22.7 Å². The van der Waals surface area contributed by atoms with E-state index in [1.807, 2.05) is 25.1 Å². The minimum atomic E-state index is -0.314. The summed E-state index contributed by atoms with van der Waals surface area (Å²) in [4.78, 5) is 17.1. The van der Waals surface area contributed by atoms with Crippen LogP contribution in [0.3, 0.4) is 0 Å². The Labute approximate surface area is 116 Å². The molecule has 0 fully saturated rings. The third-order valence-corrected chi connectivity index (χ3v) is 4.00. The molecular formula is C14H16N2O2S. The number of aromatic nitrogens is 1. The van der Waals surface area contributed by atoms with E-state index in [0.29, 0.717) is 12.1 Å². The highest BCUT2D eigenvalue weighted by atomic mass is 32.1. The van der Waals surface area contributed by atoms with Crippen LogP contribution >= 0.6 is 11.3 Å². The average Bonchev–Trinajstić information content (AvgIpc) is 2.79. The minimum Gasteiger partial charge on any atom is -0.465 e. The molecule has 0 aliphatic carbocycles. The lowest BCUT2D eigenvalue weighted by molar-refractivity contribution is 0.0600. The van der Waals surface area contributed by atoms with Crippen LogP contribution in [0.25, 0.3) is 0 Å². The van der Waals surface area contributed by atoms with Crippen molar-refractivity contribution in [3.05, 3.63) is 51.0 Å². The van der Waals surface area contributed by atoms with Crippen molar-refractivity contribution in [3.63, 3.8) is 0 Å². The summed E-state index contributed by atoms with van der Waals surface area (Å²) >= 11 is 1.62. The van der Waals surface area contributed by atoms with Gasteiger partial charge in [0.1, 0.15) is 5.01 Å². The van der Waals surface area contributed by atoms with Gasteiger partial charge >= 0.3 is 5.97 Å². The highest BCUT2D eigenvalue weighted by Gasteiger charge is 2.10. The number of hydrogen-bond donors (Lipinski definition) is 1. The molecule has 0 saturated heterocycles. The Kier molecular flexibility index (Phi) is 4.29. The summed E-state index contributed by atoms with van der Waals surface area (Å²) < 4.78 is 4.72. The summed E-state index contributed by atoms with van der Waals surface area (Å²) in [7, 11) is 1.38. The van der Waals surface area contributed by atoms with Crippen molar-refractivity contribution in [2.45, 2.75) is 19.9 Å². The lowest BCUT2D eigenvalue weighted by Gasteiger charge is -2.03. The van der Waals surface area contributed by atoms with Gasteiger partial charge in [0, 0.05) is 17.8 Å². The number of thiazole rings is 1. The van der Waals surface area contributed by atoms with E-state index in [-0.39, 0.29) is 5.97 Å². The monoisotopic (exact) mass is 276 g/mol. The maximum absolute atomic E-state index is 11.5. The van der Waals surface area contributed by atoms with Crippen LogP contribution in [0, 0.1) is 6.92 Å². The second-order valence-electron chi connectivity index (χ2n) is 4.19. The molecule has 100 valence electrons. The molecule has 0 aliphatic rings. The fraction of sp³-hybridized carbons (Fsp3) is 0.286. The number of rotatable bonds is 4. The van der Waals surface area contributed by atoms with E-state index in [4.69, 9.17) is 10.5 Å². The van der Waals surface area contributed by atoms with Gasteiger partial charge in [0.25, 0.3) is 0 Å². The predicted octanol–water partition coefficient (Wildman–Crippen LogP) is 2.29. The van der Waals surface area contributed by atoms with E-state index in [9.17, 15) is 4.79 Å². The van der Waals surface area contributed by atoms with Crippen LogP contribution in [0.4, 0.5) is 0 Å². The molecule has 5 heteroatoms. The fourth-order valence-corrected chi connectivity index (χ4v) is 2.83. The molecule has 0 bridgehead atoms. The first kappa shape index (κ1) is 13.7. The SMILES string of the molecule is COC(=O)c1cccc(Cc2sc(CN)nc2C)c1. The molecule has 2 rings (SSSR count). The molecule has 0 unspecified atom stereocenters. The summed E-state index contributed by atoms with van der Waals surface area (Å²) in [6.07, 6.45) is 0.758. The quantitative estimate of drug-likeness (QED) is 0.870. The van der Waals surface area contributed by atoms with Crippen LogP contribution in [0.2, 0.25) is 0 Å². The number of aryl methyl sites for hydroxylation is 1. The summed E-state index contributed by atoms with van der Waals surface area (Å²) in [6.45, 7) is 2.45. The third-order valence-electron chi connectivity index (χ3n) is 2.82. The van der Waals surface area contributed by atoms with Crippen LogP contribution in [0.15, 0.2) is 24.3 Å². The molecule has 0 spiro atoms. The lowest BCUT2D eigenvalue weighted by Crippen LogP contribution is -2.01. The average molecular weight is 276 g/mol. The molecule has 0 amide bonds. The van der Waals surface area contributed by atoms with Crippen LogP contribution in [0.5, 0.6) is 0 Å². The number of hydrogen-bond acceptors (Lipinski definition) is 5. The van der Waals surface area contributed by atoms with Gasteiger partial charge in [0.15, 0.2) is 0 Å². The van der Waals surface area contributed by atoms with Gasteiger partial charge in [-0.1, -0.05) is 12.1 Å². The fourth-order valence-electron chi connectivity index (χ4n) is 1.85. The molecule has 0 aliphatic heterocycles. The minimum absolute atomic E-state index is 0.314. The number of esters is 1. The lowest BCUT2D eigenvalue weighted by atomic mass is 10.1. The number of carbonyl (C=O) groups excluding carboxylic acids is 1. The van der Waals surface area contributed by atoms with Gasteiger partial charge in [-0.2, -0.15) is 0 Å². The molecule has 0 saturated carbocycles. The Morgan fingerprint density at radius 2 is 2.26 bits per heavy atom. The molecule has 2 aromatic rings. The Morgan fingerprint density at radius 1 is 1.47 bits per heavy atom. The van der Waals surface area contributed by atoms with Gasteiger partial charge < -0.3 is 10.5 Å². The van der Waals surface area contributed by atoms with Crippen molar-refractivity contribution in [1.29, 1.82) is 0 Å². The number of nitrogens with zero attached hydrogens (tertiary/aromatic N) is 1. The van der Waals surface area contributed by atoms with Gasteiger partial charge in [-0.15, -0.1) is 11.3 Å². The van der Waals surface area contributed by atoms with E-state index >= 15 is 0 Å². The maximum atomic E-state index is 11.5. The first-order valence-corrected chi connectivity index (χ1v) is 6.78. The summed E-state index contributed by atoms with van der Waals surface area (Å²) in [5.41, 5.74) is 8.24. The summed E-state index contributed by atoms with van der Waals surface area (Å²) in [5, 5.41) is 0.941. The number of carbonyl (C=O) groups is 1. The van der Waals surface area contributed by atoms with Crippen molar-refractivity contribution >= 4 is 17.3 Å². The predicted molar refractivity (Wildman–Crippen MR) is 75.3 cm³/mol. The Bertz CT molecular complexity index is 593. The van der Waals surface area contributed by atoms with Crippen LogP contribution in [0.1, 0.15) is 31.5 Å². The highest BCUT2D eigenvalue weighted by Crippen LogP contribution is 2.21. The zero-order valence-corrected chi connectivity index (χ0v) is 11.8. The molecule has 0 atom stereocenters. The first-order valence-electron chi connectivity index (χ1n) is 5.96. The molecule has 2 N–H and O–H groups in total. The summed E-state index contributed by atoms with van der Waals surface area (Å²) in [6, 6.07) is 7.46. The standard InChI is InChI=1S/C14H16N2O2S/c1-9-12(19-13(8-15)16-9)7-10-4-3-5-11(6-10)14(17)18-2/h3-6H,7-8,15H2,1-2H3. The van der Waals surface area contributed by atoms with Crippen LogP contribution < -0.4 is 5.73 Å². The van der Waals surface area contributed by atoms with Gasteiger partial charge in [0.2, 0.25) is 0 Å². The zero-order valence-electron chi connectivity index (χ0n) is 11.0. The van der Waals surface area contributed by atoms with Crippen LogP contribution in [-0.2, 0) is 17.7 Å². The molecule has 19 heavy (non-hydrogen) atoms. The van der Waals surface area contributed by atoms with Crippen LogP contribution in [-0.4, -0.2) is 18.1 Å². The zero-order chi connectivity index (χ0) is 13.8. The normalized spacial score (nSPS) is 10.5. The first-order chi connectivity index (χ1) is 9.13. The van der Waals surface area contributed by atoms with E-state index < -0.39 is 0 Å². The van der Waals surface area contributed by atoms with Gasteiger partial charge in [-0.3, -0.25) is 0 Å². The Morgan fingerprint density at radius 3 is 2.89 bits per heavy atom. The molecule has 1 aromatic carbocycles. The van der Waals surface area contributed by atoms with Crippen molar-refractivity contribution in [1.82, 2.24) is 4.98 Å². The Balaban J connectivity index is 2.23. The van der Waals surface area contributed by atoms with E-state index in [1.165, 1.54) is 12.0 Å². The Hall–Kier alpha value is -1.72. The summed E-state index contributed by atoms with van der Waals surface area (Å²) in [5.74, 6) is -0.314. The largest absolute Gasteiger partial charge is 0.465 e. The second kappa shape index (κ2) is 5.95. The number of nitrogens with two attached hydrogens (primary N) is 1. The molecule has 1 heterocycles. The number of benzene rings is 1.